The molecule has 38 heavy (non-hydrogen) atoms. The number of esters is 2. The number of hydrogen-bond donors (Lipinski definition) is 3. The number of nitriles is 1. The molecule has 10 heteroatoms. The number of phenolic OH excluding ortho intramolecular Hbond substituents is 1. The zero-order chi connectivity index (χ0) is 27.2. The fourth-order valence-electron chi connectivity index (χ4n) is 3.75. The van der Waals surface area contributed by atoms with E-state index in [2.05, 4.69) is 0 Å². The lowest BCUT2D eigenvalue weighted by Gasteiger charge is -2.11. The second kappa shape index (κ2) is 11.1. The van der Waals surface area contributed by atoms with Crippen molar-refractivity contribution in [3.8, 4) is 28.7 Å². The van der Waals surface area contributed by atoms with E-state index in [1.165, 1.54) is 12.3 Å². The molecule has 10 nitrogen and oxygen atoms in total. The quantitative estimate of drug-likeness (QED) is 0.109. The Kier molecular flexibility index (Phi) is 7.51. The fraction of sp³-hybridized carbons (Fsp3) is 0.0714. The Labute approximate surface area is 216 Å². The summed E-state index contributed by atoms with van der Waals surface area (Å²) in [5, 5.41) is 19.2. The molecule has 0 bridgehead atoms. The van der Waals surface area contributed by atoms with Crippen molar-refractivity contribution >= 4 is 17.8 Å². The minimum Gasteiger partial charge on any atom is -0.507 e. The van der Waals surface area contributed by atoms with Gasteiger partial charge in [-0.25, -0.2) is 15.4 Å². The van der Waals surface area contributed by atoms with Gasteiger partial charge in [0.25, 0.3) is 5.91 Å². The van der Waals surface area contributed by atoms with E-state index >= 15 is 0 Å². The van der Waals surface area contributed by atoms with Crippen LogP contribution in [0.15, 0.2) is 77.4 Å². The molecule has 1 aromatic heterocycles. The smallest absolute Gasteiger partial charge is 0.382 e. The SMILES string of the molecule is Cc1ccccc1COc1cccc(-c2ccoc2C(=O)OC(=O)c2ccc(O)c(C#N)c2C(=O)NN)c1. The Morgan fingerprint density at radius 1 is 1.05 bits per heavy atom. The largest absolute Gasteiger partial charge is 0.507 e. The number of carbonyl (C=O) groups is 3. The lowest BCUT2D eigenvalue weighted by molar-refractivity contribution is 0.0374. The van der Waals surface area contributed by atoms with Gasteiger partial charge in [0.2, 0.25) is 5.76 Å². The number of aryl methyl sites for hydroxylation is 1. The molecule has 4 aromatic rings. The van der Waals surface area contributed by atoms with Crippen molar-refractivity contribution in [1.29, 1.82) is 5.26 Å². The van der Waals surface area contributed by atoms with Crippen LogP contribution in [-0.4, -0.2) is 23.0 Å². The zero-order valence-electron chi connectivity index (χ0n) is 20.1. The van der Waals surface area contributed by atoms with Crippen LogP contribution in [0.3, 0.4) is 0 Å². The van der Waals surface area contributed by atoms with Crippen LogP contribution in [0, 0.1) is 18.3 Å². The molecule has 4 rings (SSSR count). The standard InChI is InChI=1S/C28H21N3O7/c1-16-5-2-3-6-18(16)15-37-19-8-4-7-17(13-19)20-11-12-36-25(20)28(35)38-27(34)21-9-10-23(32)22(14-29)24(21)26(33)31-30/h2-13,32H,15,30H2,1H3,(H,31,33). The monoisotopic (exact) mass is 511 g/mol. The first-order valence-corrected chi connectivity index (χ1v) is 11.2. The maximum atomic E-state index is 12.9. The number of rotatable bonds is 7. The van der Waals surface area contributed by atoms with E-state index in [1.807, 2.05) is 31.2 Å². The van der Waals surface area contributed by atoms with Crippen LogP contribution < -0.4 is 16.0 Å². The number of nitrogens with two attached hydrogens (primary N) is 1. The minimum atomic E-state index is -1.25. The minimum absolute atomic E-state index is 0.265. The number of carbonyl (C=O) groups excluding carboxylic acids is 3. The lowest BCUT2D eigenvalue weighted by atomic mass is 10.00. The van der Waals surface area contributed by atoms with Gasteiger partial charge in [0, 0.05) is 5.56 Å². The summed E-state index contributed by atoms with van der Waals surface area (Å²) in [7, 11) is 0. The van der Waals surface area contributed by atoms with Crippen molar-refractivity contribution in [3.63, 3.8) is 0 Å². The molecule has 0 unspecified atom stereocenters. The van der Waals surface area contributed by atoms with E-state index in [0.29, 0.717) is 23.5 Å². The summed E-state index contributed by atoms with van der Waals surface area (Å²) in [5.74, 6) is 1.47. The van der Waals surface area contributed by atoms with Gasteiger partial charge in [0.15, 0.2) is 0 Å². The van der Waals surface area contributed by atoms with Gasteiger partial charge in [-0.3, -0.25) is 10.2 Å². The molecule has 0 fully saturated rings. The van der Waals surface area contributed by atoms with Gasteiger partial charge < -0.3 is 19.0 Å². The molecule has 190 valence electrons. The van der Waals surface area contributed by atoms with E-state index in [0.717, 1.165) is 23.3 Å². The molecule has 1 heterocycles. The predicted molar refractivity (Wildman–Crippen MR) is 134 cm³/mol. The number of hydrazine groups is 1. The predicted octanol–water partition coefficient (Wildman–Crippen LogP) is 4.01. The number of hydrogen-bond acceptors (Lipinski definition) is 9. The van der Waals surface area contributed by atoms with Gasteiger partial charge in [-0.05, 0) is 53.9 Å². The van der Waals surface area contributed by atoms with Crippen LogP contribution in [-0.2, 0) is 11.3 Å². The van der Waals surface area contributed by atoms with Crippen LogP contribution in [0.4, 0.5) is 0 Å². The van der Waals surface area contributed by atoms with Gasteiger partial charge in [-0.1, -0.05) is 36.4 Å². The fourth-order valence-corrected chi connectivity index (χ4v) is 3.75. The Balaban J connectivity index is 1.56. The molecule has 1 amide bonds. The molecule has 0 aliphatic heterocycles. The summed E-state index contributed by atoms with van der Waals surface area (Å²) in [5.41, 5.74) is 3.34. The molecule has 4 N–H and O–H groups in total. The van der Waals surface area contributed by atoms with Gasteiger partial charge in [0.1, 0.15) is 29.7 Å². The normalized spacial score (nSPS) is 10.3. The summed E-state index contributed by atoms with van der Waals surface area (Å²) in [4.78, 5) is 37.9. The third kappa shape index (κ3) is 5.23. The van der Waals surface area contributed by atoms with E-state index in [-0.39, 0.29) is 5.76 Å². The number of benzene rings is 3. The van der Waals surface area contributed by atoms with Crippen molar-refractivity contribution in [2.45, 2.75) is 13.5 Å². The van der Waals surface area contributed by atoms with Gasteiger partial charge >= 0.3 is 11.9 Å². The van der Waals surface area contributed by atoms with Crippen molar-refractivity contribution in [3.05, 3.63) is 107 Å². The first-order chi connectivity index (χ1) is 18.3. The molecule has 0 radical (unpaired) electrons. The molecule has 0 atom stereocenters. The highest BCUT2D eigenvalue weighted by atomic mass is 16.6. The van der Waals surface area contributed by atoms with Crippen LogP contribution in [0.25, 0.3) is 11.1 Å². The summed E-state index contributed by atoms with van der Waals surface area (Å²) in [6, 6.07) is 20.0. The third-order valence-corrected chi connectivity index (χ3v) is 5.71. The molecule has 0 aliphatic carbocycles. The average Bonchev–Trinajstić information content (AvgIpc) is 3.42. The number of ether oxygens (including phenoxy) is 2. The lowest BCUT2D eigenvalue weighted by Crippen LogP contribution is -2.32. The first-order valence-electron chi connectivity index (χ1n) is 11.2. The summed E-state index contributed by atoms with van der Waals surface area (Å²) < 4.78 is 16.2. The van der Waals surface area contributed by atoms with Crippen molar-refractivity contribution in [2.24, 2.45) is 5.84 Å². The maximum absolute atomic E-state index is 12.9. The Morgan fingerprint density at radius 2 is 1.84 bits per heavy atom. The molecule has 3 aromatic carbocycles. The second-order valence-electron chi connectivity index (χ2n) is 8.05. The molecular formula is C28H21N3O7. The van der Waals surface area contributed by atoms with Gasteiger partial charge in [-0.15, -0.1) is 0 Å². The van der Waals surface area contributed by atoms with Crippen LogP contribution in [0.5, 0.6) is 11.5 Å². The molecule has 0 saturated carbocycles. The van der Waals surface area contributed by atoms with Crippen molar-refractivity contribution in [2.75, 3.05) is 0 Å². The highest BCUT2D eigenvalue weighted by molar-refractivity contribution is 6.11. The highest BCUT2D eigenvalue weighted by Crippen LogP contribution is 2.30. The summed E-state index contributed by atoms with van der Waals surface area (Å²) in [6.45, 7) is 2.34. The van der Waals surface area contributed by atoms with Crippen molar-refractivity contribution in [1.82, 2.24) is 5.43 Å². The Hall–Kier alpha value is -5.40. The Morgan fingerprint density at radius 3 is 2.58 bits per heavy atom. The molecule has 0 aliphatic rings. The first kappa shape index (κ1) is 25.7. The summed E-state index contributed by atoms with van der Waals surface area (Å²) >= 11 is 0. The number of nitrogens with one attached hydrogen (secondary N) is 1. The third-order valence-electron chi connectivity index (χ3n) is 5.71. The number of aromatic hydroxyl groups is 1. The molecule has 0 spiro atoms. The second-order valence-corrected chi connectivity index (χ2v) is 8.05. The van der Waals surface area contributed by atoms with E-state index in [1.54, 1.807) is 35.8 Å². The van der Waals surface area contributed by atoms with Gasteiger partial charge in [-0.2, -0.15) is 5.26 Å². The molecule has 0 saturated heterocycles. The topological polar surface area (TPSA) is 165 Å². The number of furan rings is 1. The Bertz CT molecular complexity index is 1580. The van der Waals surface area contributed by atoms with Crippen LogP contribution >= 0.6 is 0 Å². The number of nitrogens with zero attached hydrogens (tertiary/aromatic N) is 1. The maximum Gasteiger partial charge on any atom is 0.382 e. The summed E-state index contributed by atoms with van der Waals surface area (Å²) in [6.07, 6.45) is 1.26. The van der Waals surface area contributed by atoms with E-state index in [9.17, 15) is 24.8 Å². The number of phenols is 1. The number of amides is 1. The highest BCUT2D eigenvalue weighted by Gasteiger charge is 2.28. The molecular weight excluding hydrogens is 490 g/mol. The zero-order valence-corrected chi connectivity index (χ0v) is 20.1. The van der Waals surface area contributed by atoms with Crippen molar-refractivity contribution < 1.29 is 33.4 Å². The number of nitrogen functional groups attached to an aromatic ring is 1. The van der Waals surface area contributed by atoms with Crippen LogP contribution in [0.2, 0.25) is 0 Å². The average molecular weight is 511 g/mol. The van der Waals surface area contributed by atoms with E-state index in [4.69, 9.17) is 19.7 Å². The van der Waals surface area contributed by atoms with Crippen LogP contribution in [0.1, 0.15) is 48.0 Å². The van der Waals surface area contributed by atoms with E-state index < -0.39 is 40.3 Å². The van der Waals surface area contributed by atoms with Gasteiger partial charge in [0.05, 0.1) is 17.4 Å².